The van der Waals surface area contributed by atoms with Gasteiger partial charge in [-0.25, -0.2) is 13.2 Å². The van der Waals surface area contributed by atoms with Gasteiger partial charge >= 0.3 is 5.97 Å². The third-order valence-electron chi connectivity index (χ3n) is 4.70. The first-order valence-electron chi connectivity index (χ1n) is 10.0. The molecule has 0 unspecified atom stereocenters. The van der Waals surface area contributed by atoms with Crippen LogP contribution in [0.3, 0.4) is 0 Å². The largest absolute Gasteiger partial charge is 0.462 e. The van der Waals surface area contributed by atoms with Gasteiger partial charge < -0.3 is 10.1 Å². The third kappa shape index (κ3) is 5.15. The number of aryl methyl sites for hydroxylation is 1. The molecule has 0 aromatic heterocycles. The zero-order valence-electron chi connectivity index (χ0n) is 17.8. The SMILES string of the molecule is CCOC(=O)c1ccccc1NC(=O)CN(c1ccccc1C)S(=O)(=O)c1ccccc1. The van der Waals surface area contributed by atoms with Gasteiger partial charge in [-0.3, -0.25) is 9.10 Å². The number of benzene rings is 3. The molecule has 0 aliphatic heterocycles. The summed E-state index contributed by atoms with van der Waals surface area (Å²) in [6.07, 6.45) is 0. The lowest BCUT2D eigenvalue weighted by atomic mass is 10.1. The van der Waals surface area contributed by atoms with E-state index < -0.39 is 28.4 Å². The summed E-state index contributed by atoms with van der Waals surface area (Å²) in [5.74, 6) is -1.17. The fourth-order valence-corrected chi connectivity index (χ4v) is 4.67. The maximum absolute atomic E-state index is 13.4. The van der Waals surface area contributed by atoms with Crippen LogP contribution in [0.1, 0.15) is 22.8 Å². The molecule has 0 heterocycles. The zero-order chi connectivity index (χ0) is 23.1. The topological polar surface area (TPSA) is 92.8 Å². The van der Waals surface area contributed by atoms with Crippen molar-refractivity contribution in [2.24, 2.45) is 0 Å². The molecule has 7 nitrogen and oxygen atoms in total. The molecule has 32 heavy (non-hydrogen) atoms. The summed E-state index contributed by atoms with van der Waals surface area (Å²) in [6, 6.07) is 21.3. The number of carbonyl (C=O) groups excluding carboxylic acids is 2. The molecule has 0 saturated heterocycles. The molecular weight excluding hydrogens is 428 g/mol. The van der Waals surface area contributed by atoms with Crippen LogP contribution in [-0.2, 0) is 19.6 Å². The van der Waals surface area contributed by atoms with Gasteiger partial charge in [0.1, 0.15) is 6.54 Å². The standard InChI is InChI=1S/C24H24N2O5S/c1-3-31-24(28)20-14-8-9-15-21(20)25-23(27)17-26(22-16-10-7-11-18(22)2)32(29,30)19-12-5-4-6-13-19/h4-16H,3,17H2,1-2H3,(H,25,27). The van der Waals surface area contributed by atoms with Crippen LogP contribution in [-0.4, -0.2) is 33.4 Å². The van der Waals surface area contributed by atoms with E-state index in [0.717, 1.165) is 4.31 Å². The first-order chi connectivity index (χ1) is 15.3. The van der Waals surface area contributed by atoms with Gasteiger partial charge in [-0.05, 0) is 49.7 Å². The Labute approximate surface area is 187 Å². The molecule has 3 aromatic rings. The van der Waals surface area contributed by atoms with Crippen LogP contribution < -0.4 is 9.62 Å². The van der Waals surface area contributed by atoms with Gasteiger partial charge in [0.05, 0.1) is 28.4 Å². The number of carbonyl (C=O) groups is 2. The van der Waals surface area contributed by atoms with Crippen LogP contribution in [0.25, 0.3) is 0 Å². The first kappa shape index (κ1) is 23.0. The highest BCUT2D eigenvalue weighted by atomic mass is 32.2. The summed E-state index contributed by atoms with van der Waals surface area (Å²) in [4.78, 5) is 25.2. The van der Waals surface area contributed by atoms with E-state index in [1.165, 1.54) is 18.2 Å². The Morgan fingerprint density at radius 3 is 2.22 bits per heavy atom. The average molecular weight is 453 g/mol. The van der Waals surface area contributed by atoms with Crippen molar-refractivity contribution < 1.29 is 22.7 Å². The van der Waals surface area contributed by atoms with Crippen LogP contribution in [0.5, 0.6) is 0 Å². The summed E-state index contributed by atoms with van der Waals surface area (Å²) in [7, 11) is -4.02. The van der Waals surface area contributed by atoms with Crippen LogP contribution in [0.15, 0.2) is 83.8 Å². The predicted octanol–water partition coefficient (Wildman–Crippen LogP) is 4.01. The molecular formula is C24H24N2O5S. The first-order valence-corrected chi connectivity index (χ1v) is 11.5. The van der Waals surface area contributed by atoms with E-state index in [0.29, 0.717) is 11.3 Å². The van der Waals surface area contributed by atoms with E-state index in [1.54, 1.807) is 74.5 Å². The van der Waals surface area contributed by atoms with Gasteiger partial charge in [0.15, 0.2) is 0 Å². The number of nitrogens with zero attached hydrogens (tertiary/aromatic N) is 1. The second-order valence-electron chi connectivity index (χ2n) is 6.93. The maximum atomic E-state index is 13.4. The molecule has 3 rings (SSSR count). The fraction of sp³-hybridized carbons (Fsp3) is 0.167. The van der Waals surface area contributed by atoms with E-state index in [9.17, 15) is 18.0 Å². The number of para-hydroxylation sites is 2. The normalized spacial score (nSPS) is 10.9. The molecule has 0 saturated carbocycles. The lowest BCUT2D eigenvalue weighted by Crippen LogP contribution is -2.38. The Balaban J connectivity index is 1.94. The van der Waals surface area contributed by atoms with E-state index in [4.69, 9.17) is 4.74 Å². The molecule has 1 amide bonds. The number of anilines is 2. The van der Waals surface area contributed by atoms with Crippen molar-refractivity contribution >= 4 is 33.3 Å². The number of rotatable bonds is 8. The number of hydrogen-bond acceptors (Lipinski definition) is 5. The molecule has 0 fully saturated rings. The Morgan fingerprint density at radius 2 is 1.53 bits per heavy atom. The lowest BCUT2D eigenvalue weighted by molar-refractivity contribution is -0.114. The van der Waals surface area contributed by atoms with Crippen molar-refractivity contribution in [1.29, 1.82) is 0 Å². The highest BCUT2D eigenvalue weighted by Gasteiger charge is 2.28. The van der Waals surface area contributed by atoms with Gasteiger partial charge in [0.2, 0.25) is 5.91 Å². The van der Waals surface area contributed by atoms with Crippen LogP contribution in [0, 0.1) is 6.92 Å². The number of sulfonamides is 1. The lowest BCUT2D eigenvalue weighted by Gasteiger charge is -2.25. The summed E-state index contributed by atoms with van der Waals surface area (Å²) in [6.45, 7) is 3.18. The Morgan fingerprint density at radius 1 is 0.906 bits per heavy atom. The minimum atomic E-state index is -4.02. The summed E-state index contributed by atoms with van der Waals surface area (Å²) in [5, 5.41) is 2.65. The van der Waals surface area contributed by atoms with Crippen molar-refractivity contribution in [3.8, 4) is 0 Å². The summed E-state index contributed by atoms with van der Waals surface area (Å²) < 4.78 is 32.9. The molecule has 8 heteroatoms. The number of hydrogen-bond donors (Lipinski definition) is 1. The smallest absolute Gasteiger partial charge is 0.340 e. The number of nitrogens with one attached hydrogen (secondary N) is 1. The van der Waals surface area contributed by atoms with E-state index in [2.05, 4.69) is 5.32 Å². The van der Waals surface area contributed by atoms with Crippen LogP contribution in [0.2, 0.25) is 0 Å². The van der Waals surface area contributed by atoms with Gasteiger partial charge in [-0.1, -0.05) is 48.5 Å². The van der Waals surface area contributed by atoms with Crippen molar-refractivity contribution in [2.75, 3.05) is 22.8 Å². The second-order valence-corrected chi connectivity index (χ2v) is 8.79. The average Bonchev–Trinajstić information content (AvgIpc) is 2.79. The Hall–Kier alpha value is -3.65. The van der Waals surface area contributed by atoms with Gasteiger partial charge in [0.25, 0.3) is 10.0 Å². The Bertz CT molecular complexity index is 1210. The highest BCUT2D eigenvalue weighted by molar-refractivity contribution is 7.92. The summed E-state index contributed by atoms with van der Waals surface area (Å²) in [5.41, 5.74) is 1.53. The maximum Gasteiger partial charge on any atom is 0.340 e. The second kappa shape index (κ2) is 10.1. The number of esters is 1. The number of ether oxygens (including phenoxy) is 1. The number of amides is 1. The van der Waals surface area contributed by atoms with Gasteiger partial charge in [-0.15, -0.1) is 0 Å². The molecule has 1 N–H and O–H groups in total. The van der Waals surface area contributed by atoms with Gasteiger partial charge in [0, 0.05) is 0 Å². The molecule has 166 valence electrons. The minimum absolute atomic E-state index is 0.0722. The molecule has 0 radical (unpaired) electrons. The minimum Gasteiger partial charge on any atom is -0.462 e. The molecule has 3 aromatic carbocycles. The quantitative estimate of drug-likeness (QED) is 0.522. The van der Waals surface area contributed by atoms with E-state index >= 15 is 0 Å². The van der Waals surface area contributed by atoms with E-state index in [1.807, 2.05) is 0 Å². The monoisotopic (exact) mass is 452 g/mol. The van der Waals surface area contributed by atoms with E-state index in [-0.39, 0.29) is 22.8 Å². The zero-order valence-corrected chi connectivity index (χ0v) is 18.6. The van der Waals surface area contributed by atoms with Crippen molar-refractivity contribution in [3.05, 3.63) is 90.0 Å². The van der Waals surface area contributed by atoms with Crippen LogP contribution in [0.4, 0.5) is 11.4 Å². The predicted molar refractivity (Wildman–Crippen MR) is 123 cm³/mol. The highest BCUT2D eigenvalue weighted by Crippen LogP contribution is 2.27. The molecule has 0 aliphatic rings. The molecule has 0 atom stereocenters. The van der Waals surface area contributed by atoms with Crippen LogP contribution >= 0.6 is 0 Å². The fourth-order valence-electron chi connectivity index (χ4n) is 3.16. The summed E-state index contributed by atoms with van der Waals surface area (Å²) >= 11 is 0. The van der Waals surface area contributed by atoms with Gasteiger partial charge in [-0.2, -0.15) is 0 Å². The Kier molecular flexibility index (Phi) is 7.27. The third-order valence-corrected chi connectivity index (χ3v) is 6.47. The van der Waals surface area contributed by atoms with Crippen molar-refractivity contribution in [1.82, 2.24) is 0 Å². The van der Waals surface area contributed by atoms with Crippen molar-refractivity contribution in [2.45, 2.75) is 18.7 Å². The molecule has 0 aliphatic carbocycles. The van der Waals surface area contributed by atoms with Crippen molar-refractivity contribution in [3.63, 3.8) is 0 Å². The molecule has 0 bridgehead atoms. The molecule has 0 spiro atoms.